The highest BCUT2D eigenvalue weighted by Gasteiger charge is 2.35. The number of rotatable bonds is 7. The van der Waals surface area contributed by atoms with Gasteiger partial charge in [0.2, 0.25) is 0 Å². The highest BCUT2D eigenvalue weighted by atomic mass is 32.1. The lowest BCUT2D eigenvalue weighted by atomic mass is 9.94. The summed E-state index contributed by atoms with van der Waals surface area (Å²) in [7, 11) is 3.11. The second-order valence-electron chi connectivity index (χ2n) is 11.1. The predicted molar refractivity (Wildman–Crippen MR) is 174 cm³/mol. The molecular weight excluding hydrogens is 609 g/mol. The second kappa shape index (κ2) is 12.2. The van der Waals surface area contributed by atoms with Gasteiger partial charge in [0.1, 0.15) is 28.6 Å². The maximum absolute atomic E-state index is 14.3. The number of esters is 1. The minimum atomic E-state index is -0.837. The van der Waals surface area contributed by atoms with Gasteiger partial charge in [-0.2, -0.15) is 5.26 Å². The molecule has 0 saturated carbocycles. The molecule has 0 unspecified atom stereocenters. The van der Waals surface area contributed by atoms with Crippen molar-refractivity contribution < 1.29 is 19.0 Å². The number of nitrogens with zero attached hydrogens (tertiary/aromatic N) is 4. The molecule has 232 valence electrons. The van der Waals surface area contributed by atoms with E-state index < -0.39 is 12.0 Å². The van der Waals surface area contributed by atoms with Gasteiger partial charge in [0, 0.05) is 21.8 Å². The molecule has 1 aromatic carbocycles. The minimum Gasteiger partial charge on any atom is -0.497 e. The number of allylic oxidation sites excluding steroid dienone is 1. The van der Waals surface area contributed by atoms with E-state index in [4.69, 9.17) is 19.2 Å². The van der Waals surface area contributed by atoms with Crippen molar-refractivity contribution in [1.29, 1.82) is 5.26 Å². The molecule has 1 atom stereocenters. The minimum absolute atomic E-state index is 0.179. The summed E-state index contributed by atoms with van der Waals surface area (Å²) in [5.74, 6) is 0.519. The summed E-state index contributed by atoms with van der Waals surface area (Å²) in [6, 6.07) is 8.99. The summed E-state index contributed by atoms with van der Waals surface area (Å²) in [4.78, 5) is 34.1. The first-order valence-corrected chi connectivity index (χ1v) is 16.5. The number of carbonyl (C=O) groups excluding carboxylic acids is 1. The van der Waals surface area contributed by atoms with Crippen LogP contribution in [0.25, 0.3) is 11.1 Å². The number of carbonyl (C=O) groups is 1. The average Bonchev–Trinajstić information content (AvgIpc) is 3.65. The summed E-state index contributed by atoms with van der Waals surface area (Å²) >= 11 is 2.97. The van der Waals surface area contributed by atoms with E-state index in [9.17, 15) is 14.9 Å². The summed E-state index contributed by atoms with van der Waals surface area (Å²) in [5, 5.41) is 11.1. The lowest BCUT2D eigenvalue weighted by Gasteiger charge is -2.26. The van der Waals surface area contributed by atoms with Crippen molar-refractivity contribution in [3.05, 3.63) is 93.7 Å². The fourth-order valence-corrected chi connectivity index (χ4v) is 8.84. The van der Waals surface area contributed by atoms with Crippen molar-refractivity contribution >= 4 is 34.7 Å². The van der Waals surface area contributed by atoms with Crippen molar-refractivity contribution in [2.75, 3.05) is 20.8 Å². The lowest BCUT2D eigenvalue weighted by molar-refractivity contribution is -0.139. The molecule has 2 aliphatic rings. The van der Waals surface area contributed by atoms with E-state index in [0.717, 1.165) is 53.2 Å². The topological polar surface area (TPSA) is 108 Å². The summed E-state index contributed by atoms with van der Waals surface area (Å²) in [5.41, 5.74) is 5.81. The first-order valence-electron chi connectivity index (χ1n) is 14.9. The van der Waals surface area contributed by atoms with Crippen molar-refractivity contribution in [3.8, 4) is 22.6 Å². The number of aromatic nitrogens is 2. The Bertz CT molecular complexity index is 2100. The van der Waals surface area contributed by atoms with Crippen molar-refractivity contribution in [2.45, 2.75) is 59.4 Å². The molecule has 3 aromatic heterocycles. The van der Waals surface area contributed by atoms with Gasteiger partial charge in [-0.3, -0.25) is 9.36 Å². The predicted octanol–water partition coefficient (Wildman–Crippen LogP) is 5.04. The quantitative estimate of drug-likeness (QED) is 0.262. The van der Waals surface area contributed by atoms with E-state index in [0.29, 0.717) is 32.1 Å². The van der Waals surface area contributed by atoms with Gasteiger partial charge >= 0.3 is 5.97 Å². The molecule has 45 heavy (non-hydrogen) atoms. The molecular formula is C34H34N4O5S2. The Kier molecular flexibility index (Phi) is 8.29. The van der Waals surface area contributed by atoms with Gasteiger partial charge in [-0.05, 0) is 94.8 Å². The van der Waals surface area contributed by atoms with E-state index in [-0.39, 0.29) is 17.7 Å². The first kappa shape index (κ1) is 30.6. The van der Waals surface area contributed by atoms with E-state index in [1.807, 2.05) is 26.0 Å². The summed E-state index contributed by atoms with van der Waals surface area (Å²) in [6.45, 7) is 7.71. The highest BCUT2D eigenvalue weighted by molar-refractivity contribution is 7.15. The van der Waals surface area contributed by atoms with Crippen LogP contribution < -0.4 is 24.4 Å². The Hall–Kier alpha value is -4.40. The number of thiazole rings is 1. The molecule has 0 spiro atoms. The van der Waals surface area contributed by atoms with E-state index >= 15 is 0 Å². The molecule has 11 heteroatoms. The third-order valence-corrected chi connectivity index (χ3v) is 10.7. The summed E-state index contributed by atoms with van der Waals surface area (Å²) < 4.78 is 20.8. The number of hydrogen-bond donors (Lipinski definition) is 0. The Labute approximate surface area is 268 Å². The van der Waals surface area contributed by atoms with Crippen LogP contribution in [0.2, 0.25) is 0 Å². The van der Waals surface area contributed by atoms with Crippen LogP contribution in [0, 0.1) is 25.2 Å². The van der Waals surface area contributed by atoms with Gasteiger partial charge in [0.05, 0.1) is 42.2 Å². The molecule has 1 aliphatic carbocycles. The van der Waals surface area contributed by atoms with Crippen molar-refractivity contribution in [1.82, 2.24) is 9.13 Å². The molecule has 1 aliphatic heterocycles. The van der Waals surface area contributed by atoms with E-state index in [1.165, 1.54) is 21.8 Å². The van der Waals surface area contributed by atoms with Crippen LogP contribution in [0.15, 0.2) is 45.3 Å². The van der Waals surface area contributed by atoms with Gasteiger partial charge < -0.3 is 18.8 Å². The molecule has 0 saturated heterocycles. The standard InChI is InChI=1S/C34H34N4O5S2/c1-7-43-33(40)29-19(3)36-34-38(30(29)24-16-22(41-5)12-13-26(24)42-6)31(39)28(45-34)15-21-14-18(2)37(20(21)4)32-25(17-35)23-10-8-9-11-27(23)44-32/h12-16,30H,7-11H2,1-6H3/b28-15+/t30-/m1/s1. The SMILES string of the molecule is CCOC(=O)C1=C(C)N=c2s/c(=C/c3cc(C)n(-c4sc5c(c4C#N)CCCC5)c3C)c(=O)n2[C@@H]1c1cc(OC)ccc1OC. The maximum Gasteiger partial charge on any atom is 0.338 e. The van der Waals surface area contributed by atoms with Gasteiger partial charge in [0.25, 0.3) is 5.56 Å². The summed E-state index contributed by atoms with van der Waals surface area (Å²) in [6.07, 6.45) is 6.08. The zero-order chi connectivity index (χ0) is 32.0. The number of methoxy groups -OCH3 is 2. The van der Waals surface area contributed by atoms with Crippen LogP contribution in [-0.4, -0.2) is 35.9 Å². The third-order valence-electron chi connectivity index (χ3n) is 8.47. The Morgan fingerprint density at radius 3 is 2.62 bits per heavy atom. The maximum atomic E-state index is 14.3. The van der Waals surface area contributed by atoms with Crippen LogP contribution in [-0.2, 0) is 22.4 Å². The van der Waals surface area contributed by atoms with Gasteiger partial charge in [0.15, 0.2) is 4.80 Å². The number of thiophene rings is 1. The number of hydrogen-bond acceptors (Lipinski definition) is 9. The fourth-order valence-electron chi connectivity index (χ4n) is 6.35. The number of fused-ring (bicyclic) bond motifs is 2. The molecule has 4 aromatic rings. The van der Waals surface area contributed by atoms with Gasteiger partial charge in [-0.1, -0.05) is 11.3 Å². The van der Waals surface area contributed by atoms with Crippen LogP contribution >= 0.6 is 22.7 Å². The zero-order valence-electron chi connectivity index (χ0n) is 26.1. The molecule has 6 rings (SSSR count). The number of ether oxygens (including phenoxy) is 3. The molecule has 0 N–H and O–H groups in total. The smallest absolute Gasteiger partial charge is 0.338 e. The molecule has 0 bridgehead atoms. The van der Waals surface area contributed by atoms with Crippen LogP contribution in [0.3, 0.4) is 0 Å². The highest BCUT2D eigenvalue weighted by Crippen LogP contribution is 2.39. The van der Waals surface area contributed by atoms with Crippen LogP contribution in [0.4, 0.5) is 0 Å². The number of nitriles is 1. The normalized spacial score (nSPS) is 16.1. The largest absolute Gasteiger partial charge is 0.497 e. The molecule has 4 heterocycles. The molecule has 0 radical (unpaired) electrons. The molecule has 9 nitrogen and oxygen atoms in total. The Morgan fingerprint density at radius 2 is 1.91 bits per heavy atom. The second-order valence-corrected chi connectivity index (χ2v) is 13.2. The first-order chi connectivity index (χ1) is 21.7. The number of benzene rings is 1. The van der Waals surface area contributed by atoms with Gasteiger partial charge in [-0.25, -0.2) is 9.79 Å². The number of aryl methyl sites for hydroxylation is 2. The third kappa shape index (κ3) is 5.12. The van der Waals surface area contributed by atoms with Crippen LogP contribution in [0.1, 0.15) is 71.2 Å². The van der Waals surface area contributed by atoms with E-state index in [2.05, 4.69) is 10.6 Å². The van der Waals surface area contributed by atoms with E-state index in [1.54, 1.807) is 62.2 Å². The molecule has 0 fully saturated rings. The lowest BCUT2D eigenvalue weighted by Crippen LogP contribution is -2.40. The Balaban J connectivity index is 1.54. The zero-order valence-corrected chi connectivity index (χ0v) is 27.8. The van der Waals surface area contributed by atoms with Crippen molar-refractivity contribution in [2.24, 2.45) is 4.99 Å². The Morgan fingerprint density at radius 1 is 1.13 bits per heavy atom. The van der Waals surface area contributed by atoms with Gasteiger partial charge in [-0.15, -0.1) is 11.3 Å². The van der Waals surface area contributed by atoms with Crippen molar-refractivity contribution in [3.63, 3.8) is 0 Å². The average molecular weight is 643 g/mol. The monoisotopic (exact) mass is 642 g/mol. The fraction of sp³-hybridized carbons (Fsp3) is 0.353. The molecule has 0 amide bonds. The van der Waals surface area contributed by atoms with Crippen LogP contribution in [0.5, 0.6) is 11.5 Å².